The Bertz CT molecular complexity index is 110. The van der Waals surface area contributed by atoms with Gasteiger partial charge in [-0.05, 0) is 6.92 Å². The van der Waals surface area contributed by atoms with Crippen molar-refractivity contribution in [3.05, 3.63) is 12.2 Å². The van der Waals surface area contributed by atoms with Gasteiger partial charge in [0.1, 0.15) is 0 Å². The average Bonchev–Trinajstić information content (AvgIpc) is 2.10. The lowest BCUT2D eigenvalue weighted by Gasteiger charge is -2.09. The van der Waals surface area contributed by atoms with Crippen molar-refractivity contribution >= 4 is 23.5 Å². The molecule has 0 saturated heterocycles. The maximum atomic E-state index is 8.61. The number of aliphatic hydroxyl groups is 2. The van der Waals surface area contributed by atoms with Gasteiger partial charge in [-0.2, -0.15) is 0 Å². The van der Waals surface area contributed by atoms with Gasteiger partial charge in [0.15, 0.2) is 0 Å². The molecule has 0 spiro atoms. The van der Waals surface area contributed by atoms with Crippen molar-refractivity contribution in [2.45, 2.75) is 11.5 Å². The van der Waals surface area contributed by atoms with E-state index in [0.29, 0.717) is 4.58 Å². The zero-order valence-corrected chi connectivity index (χ0v) is 8.90. The lowest BCUT2D eigenvalue weighted by Crippen LogP contribution is -1.99. The molecule has 0 aliphatic rings. The maximum Gasteiger partial charge on any atom is 0.0683 e. The van der Waals surface area contributed by atoms with Gasteiger partial charge in [0.05, 0.1) is 17.8 Å². The van der Waals surface area contributed by atoms with Crippen molar-refractivity contribution in [3.8, 4) is 0 Å². The first-order valence-electron chi connectivity index (χ1n) is 3.93. The molecule has 0 atom stereocenters. The summed E-state index contributed by atoms with van der Waals surface area (Å²) in [6, 6.07) is 0. The molecule has 4 heteroatoms. The highest BCUT2D eigenvalue weighted by Crippen LogP contribution is 2.24. The summed E-state index contributed by atoms with van der Waals surface area (Å²) in [4.78, 5) is 0. The first-order valence-corrected chi connectivity index (χ1v) is 6.02. The Morgan fingerprint density at radius 1 is 1.17 bits per heavy atom. The third-order valence-electron chi connectivity index (χ3n) is 1.10. The van der Waals surface area contributed by atoms with E-state index in [4.69, 9.17) is 10.2 Å². The molecule has 0 unspecified atom stereocenters. The van der Waals surface area contributed by atoms with Gasteiger partial charge < -0.3 is 10.2 Å². The van der Waals surface area contributed by atoms with E-state index >= 15 is 0 Å². The second kappa shape index (κ2) is 9.45. The van der Waals surface area contributed by atoms with E-state index in [2.05, 4.69) is 6.08 Å². The van der Waals surface area contributed by atoms with Gasteiger partial charge in [-0.3, -0.25) is 0 Å². The largest absolute Gasteiger partial charge is 0.396 e. The van der Waals surface area contributed by atoms with E-state index in [1.165, 1.54) is 0 Å². The number of thioether (sulfide) groups is 2. The maximum absolute atomic E-state index is 8.61. The molecule has 72 valence electrons. The molecule has 0 aromatic carbocycles. The molecule has 0 saturated carbocycles. The van der Waals surface area contributed by atoms with E-state index in [-0.39, 0.29) is 13.2 Å². The minimum atomic E-state index is 0.221. The van der Waals surface area contributed by atoms with E-state index in [1.807, 2.05) is 13.0 Å². The van der Waals surface area contributed by atoms with Crippen molar-refractivity contribution in [1.29, 1.82) is 0 Å². The topological polar surface area (TPSA) is 40.5 Å². The molecule has 0 radical (unpaired) electrons. The summed E-state index contributed by atoms with van der Waals surface area (Å²) >= 11 is 3.40. The quantitative estimate of drug-likeness (QED) is 0.489. The normalized spacial score (nSPS) is 11.7. The summed E-state index contributed by atoms with van der Waals surface area (Å²) < 4.78 is 0.370. The Labute approximate surface area is 82.4 Å². The molecule has 2 N–H and O–H groups in total. The van der Waals surface area contributed by atoms with Crippen LogP contribution < -0.4 is 0 Å². The summed E-state index contributed by atoms with van der Waals surface area (Å²) in [5.41, 5.74) is 0. The lowest BCUT2D eigenvalue weighted by atomic mass is 10.6. The number of hydrogen-bond acceptors (Lipinski definition) is 4. The van der Waals surface area contributed by atoms with Gasteiger partial charge in [0.2, 0.25) is 0 Å². The third kappa shape index (κ3) is 7.03. The highest BCUT2D eigenvalue weighted by atomic mass is 32.2. The van der Waals surface area contributed by atoms with E-state index in [1.54, 1.807) is 23.5 Å². The molecule has 12 heavy (non-hydrogen) atoms. The minimum Gasteiger partial charge on any atom is -0.396 e. The molecule has 2 nitrogen and oxygen atoms in total. The summed E-state index contributed by atoms with van der Waals surface area (Å²) in [6.07, 6.45) is 4.08. The van der Waals surface area contributed by atoms with Gasteiger partial charge in [0.25, 0.3) is 0 Å². The van der Waals surface area contributed by atoms with Gasteiger partial charge in [0, 0.05) is 11.5 Å². The smallest absolute Gasteiger partial charge is 0.0683 e. The van der Waals surface area contributed by atoms with Crippen LogP contribution in [0.3, 0.4) is 0 Å². The standard InChI is InChI=1S/C8H16O2S2/c1-2-3-8(11-6-4-9)12-7-5-10/h2-3,8-10H,4-7H2,1H3. The summed E-state index contributed by atoms with van der Waals surface area (Å²) in [7, 11) is 0. The lowest BCUT2D eigenvalue weighted by molar-refractivity contribution is 0.322. The highest BCUT2D eigenvalue weighted by molar-refractivity contribution is 8.17. The van der Waals surface area contributed by atoms with Crippen LogP contribution in [0.25, 0.3) is 0 Å². The fraction of sp³-hybridized carbons (Fsp3) is 0.750. The Hall–Kier alpha value is 0.360. The second-order valence-electron chi connectivity index (χ2n) is 2.08. The van der Waals surface area contributed by atoms with Crippen molar-refractivity contribution in [2.75, 3.05) is 24.7 Å². The molecule has 0 heterocycles. The fourth-order valence-electron chi connectivity index (χ4n) is 0.654. The van der Waals surface area contributed by atoms with Crippen LogP contribution in [0.4, 0.5) is 0 Å². The molecule has 0 aliphatic carbocycles. The first kappa shape index (κ1) is 12.4. The molecule has 0 rings (SSSR count). The molecule has 0 bridgehead atoms. The monoisotopic (exact) mass is 208 g/mol. The molecule has 0 aromatic heterocycles. The van der Waals surface area contributed by atoms with Crippen molar-refractivity contribution in [2.24, 2.45) is 0 Å². The van der Waals surface area contributed by atoms with Crippen LogP contribution in [-0.2, 0) is 0 Å². The minimum absolute atomic E-state index is 0.221. The SMILES string of the molecule is CC=CC(SCCO)SCCO. The first-order chi connectivity index (χ1) is 5.85. The van der Waals surface area contributed by atoms with Crippen LogP contribution in [0.1, 0.15) is 6.92 Å². The van der Waals surface area contributed by atoms with Crippen LogP contribution in [0, 0.1) is 0 Å². The van der Waals surface area contributed by atoms with Gasteiger partial charge >= 0.3 is 0 Å². The number of allylic oxidation sites excluding steroid dienone is 1. The Balaban J connectivity index is 3.54. The predicted octanol–water partition coefficient (Wildman–Crippen LogP) is 1.34. The summed E-state index contributed by atoms with van der Waals surface area (Å²) in [5, 5.41) is 17.2. The highest BCUT2D eigenvalue weighted by Gasteiger charge is 2.03. The molecule has 0 fully saturated rings. The molecule has 0 aromatic rings. The van der Waals surface area contributed by atoms with Crippen molar-refractivity contribution in [1.82, 2.24) is 0 Å². The van der Waals surface area contributed by atoms with Crippen LogP contribution in [0.2, 0.25) is 0 Å². The Morgan fingerprint density at radius 3 is 2.00 bits per heavy atom. The average molecular weight is 208 g/mol. The Morgan fingerprint density at radius 2 is 1.67 bits per heavy atom. The van der Waals surface area contributed by atoms with Gasteiger partial charge in [-0.1, -0.05) is 12.2 Å². The molecule has 0 amide bonds. The van der Waals surface area contributed by atoms with Crippen molar-refractivity contribution in [3.63, 3.8) is 0 Å². The second-order valence-corrected chi connectivity index (χ2v) is 4.88. The van der Waals surface area contributed by atoms with Gasteiger partial charge in [-0.15, -0.1) is 23.5 Å². The van der Waals surface area contributed by atoms with Gasteiger partial charge in [-0.25, -0.2) is 0 Å². The van der Waals surface area contributed by atoms with Crippen molar-refractivity contribution < 1.29 is 10.2 Å². The zero-order valence-electron chi connectivity index (χ0n) is 7.27. The van der Waals surface area contributed by atoms with Crippen LogP contribution >= 0.6 is 23.5 Å². The summed E-state index contributed by atoms with van der Waals surface area (Å²) in [6.45, 7) is 2.42. The predicted molar refractivity (Wildman–Crippen MR) is 57.7 cm³/mol. The zero-order chi connectivity index (χ0) is 9.23. The van der Waals surface area contributed by atoms with E-state index < -0.39 is 0 Å². The van der Waals surface area contributed by atoms with Crippen LogP contribution in [-0.4, -0.2) is 39.5 Å². The summed E-state index contributed by atoms with van der Waals surface area (Å²) in [5.74, 6) is 1.51. The number of aliphatic hydroxyl groups excluding tert-OH is 2. The number of hydrogen-bond donors (Lipinski definition) is 2. The fourth-order valence-corrected chi connectivity index (χ4v) is 2.83. The third-order valence-corrected chi connectivity index (χ3v) is 3.72. The number of rotatable bonds is 7. The molecule has 0 aliphatic heterocycles. The van der Waals surface area contributed by atoms with Crippen LogP contribution in [0.15, 0.2) is 12.2 Å². The van der Waals surface area contributed by atoms with E-state index in [0.717, 1.165) is 11.5 Å². The molecular weight excluding hydrogens is 192 g/mol. The van der Waals surface area contributed by atoms with Crippen LogP contribution in [0.5, 0.6) is 0 Å². The van der Waals surface area contributed by atoms with E-state index in [9.17, 15) is 0 Å². The Kier molecular flexibility index (Phi) is 9.73. The molecular formula is C8H16O2S2.